The SMILES string of the molecule is COc1ccc(CO[C@H]2C(=O)OC3OC45C(=O)O[C@@H]6C(C(C)(C)C)C32C4(C6OC(C)=O)[C@@H](OC(C)=O)C2OC(=O)[C@@H](C)[C@@]25O)cc1. The highest BCUT2D eigenvalue weighted by atomic mass is 16.8. The standard InChI is InChI=1S/C32H36O14/c1-13-24(35)44-22-21(42-15(3)34)30-20(41-14(2)33)18-19(28(4,5)6)29(30)23(40-12-16-8-10-17(39-7)11-9-16)25(36)45-27(29)46-32(30,26(37)43-18)31(13,22)38/h8-11,13,18-23,27,38H,12H2,1-7H3/t13-,18-,19?,20?,21+,22?,23+,27?,29?,30?,31-,32?/m1/s1. The molecule has 1 aromatic rings. The Balaban J connectivity index is 1.53. The van der Waals surface area contributed by atoms with Crippen molar-refractivity contribution in [2.75, 3.05) is 7.11 Å². The van der Waals surface area contributed by atoms with Crippen LogP contribution < -0.4 is 4.74 Å². The molecule has 6 fully saturated rings. The molecule has 1 aromatic carbocycles. The zero-order valence-corrected chi connectivity index (χ0v) is 26.4. The molecule has 2 bridgehead atoms. The van der Waals surface area contributed by atoms with Gasteiger partial charge in [0.05, 0.1) is 25.0 Å². The molecule has 2 saturated carbocycles. The molecule has 1 N–H and O–H groups in total. The minimum absolute atomic E-state index is 0.118. The van der Waals surface area contributed by atoms with Gasteiger partial charge >= 0.3 is 29.8 Å². The summed E-state index contributed by atoms with van der Waals surface area (Å²) in [6.07, 6.45) is -9.12. The van der Waals surface area contributed by atoms with E-state index >= 15 is 0 Å². The molecular formula is C32H36O14. The van der Waals surface area contributed by atoms with E-state index in [0.717, 1.165) is 13.8 Å². The average molecular weight is 645 g/mol. The van der Waals surface area contributed by atoms with Gasteiger partial charge in [0.15, 0.2) is 30.0 Å². The fourth-order valence-corrected chi connectivity index (χ4v) is 9.92. The first-order valence-electron chi connectivity index (χ1n) is 15.2. The van der Waals surface area contributed by atoms with E-state index in [4.69, 9.17) is 37.9 Å². The number of carbonyl (C=O) groups is 5. The molecule has 4 aliphatic heterocycles. The van der Waals surface area contributed by atoms with Gasteiger partial charge in [-0.3, -0.25) is 14.4 Å². The summed E-state index contributed by atoms with van der Waals surface area (Å²) in [5.74, 6) is -6.15. The lowest BCUT2D eigenvalue weighted by molar-refractivity contribution is -0.283. The van der Waals surface area contributed by atoms with Gasteiger partial charge in [-0.2, -0.15) is 0 Å². The summed E-state index contributed by atoms with van der Waals surface area (Å²) in [7, 11) is 1.53. The van der Waals surface area contributed by atoms with Crippen LogP contribution in [0, 0.1) is 28.1 Å². The summed E-state index contributed by atoms with van der Waals surface area (Å²) >= 11 is 0. The van der Waals surface area contributed by atoms with Crippen molar-refractivity contribution in [3.63, 3.8) is 0 Å². The Hall–Kier alpha value is -3.75. The normalized spacial score (nSPS) is 44.5. The minimum Gasteiger partial charge on any atom is -0.497 e. The van der Waals surface area contributed by atoms with Gasteiger partial charge in [-0.25, -0.2) is 9.59 Å². The van der Waals surface area contributed by atoms with E-state index in [2.05, 4.69) is 0 Å². The van der Waals surface area contributed by atoms with Crippen molar-refractivity contribution in [1.82, 2.24) is 0 Å². The lowest BCUT2D eigenvalue weighted by atomic mass is 9.50. The Morgan fingerprint density at radius 2 is 1.57 bits per heavy atom. The number of carbonyl (C=O) groups excluding carboxylic acids is 5. The molecule has 14 nitrogen and oxygen atoms in total. The summed E-state index contributed by atoms with van der Waals surface area (Å²) in [5.41, 5.74) is -9.16. The number of benzene rings is 1. The molecule has 0 aromatic heterocycles. The first-order chi connectivity index (χ1) is 21.5. The number of fused-ring (bicyclic) bond motifs is 2. The number of aliphatic hydroxyl groups is 1. The fourth-order valence-electron chi connectivity index (χ4n) is 9.92. The van der Waals surface area contributed by atoms with E-state index < -0.39 is 106 Å². The maximum absolute atomic E-state index is 14.6. The van der Waals surface area contributed by atoms with Crippen LogP contribution in [0.25, 0.3) is 0 Å². The minimum atomic E-state index is -2.57. The number of hydrogen-bond acceptors (Lipinski definition) is 14. The predicted octanol–water partition coefficient (Wildman–Crippen LogP) is 0.976. The van der Waals surface area contributed by atoms with Gasteiger partial charge in [0, 0.05) is 19.8 Å². The Morgan fingerprint density at radius 3 is 2.15 bits per heavy atom. The fraction of sp³-hybridized carbons (Fsp3) is 0.656. The van der Waals surface area contributed by atoms with Crippen LogP contribution in [0.1, 0.15) is 47.1 Å². The van der Waals surface area contributed by atoms with Crippen molar-refractivity contribution < 1.29 is 67.0 Å². The molecule has 7 unspecified atom stereocenters. The molecule has 248 valence electrons. The smallest absolute Gasteiger partial charge is 0.343 e. The molecule has 0 radical (unpaired) electrons. The highest BCUT2D eigenvalue weighted by Crippen LogP contribution is 2.85. The van der Waals surface area contributed by atoms with E-state index in [9.17, 15) is 29.1 Å². The van der Waals surface area contributed by atoms with Gasteiger partial charge in [-0.15, -0.1) is 0 Å². The first-order valence-corrected chi connectivity index (χ1v) is 15.2. The molecule has 7 rings (SSSR count). The largest absolute Gasteiger partial charge is 0.497 e. The monoisotopic (exact) mass is 644 g/mol. The third-order valence-electron chi connectivity index (χ3n) is 11.0. The Bertz CT molecular complexity index is 1550. The summed E-state index contributed by atoms with van der Waals surface area (Å²) in [5, 5.41) is 12.7. The van der Waals surface area contributed by atoms with Crippen LogP contribution >= 0.6 is 0 Å². The molecule has 4 heterocycles. The van der Waals surface area contributed by atoms with Crippen molar-refractivity contribution in [3.8, 4) is 5.75 Å². The first kappa shape index (κ1) is 30.9. The third kappa shape index (κ3) is 3.20. The van der Waals surface area contributed by atoms with Crippen LogP contribution in [0.15, 0.2) is 24.3 Å². The predicted molar refractivity (Wildman–Crippen MR) is 148 cm³/mol. The zero-order valence-electron chi connectivity index (χ0n) is 26.4. The van der Waals surface area contributed by atoms with E-state index in [0.29, 0.717) is 11.3 Å². The summed E-state index contributed by atoms with van der Waals surface area (Å²) in [6.45, 7) is 9.04. The summed E-state index contributed by atoms with van der Waals surface area (Å²) < 4.78 is 47.9. The quantitative estimate of drug-likeness (QED) is 0.342. The van der Waals surface area contributed by atoms with Crippen LogP contribution in [-0.4, -0.2) is 90.1 Å². The van der Waals surface area contributed by atoms with Gasteiger partial charge in [-0.05, 0) is 30.0 Å². The van der Waals surface area contributed by atoms with Crippen LogP contribution in [-0.2, 0) is 63.7 Å². The van der Waals surface area contributed by atoms with Crippen molar-refractivity contribution >= 4 is 29.8 Å². The molecule has 12 atom stereocenters. The second kappa shape index (κ2) is 9.41. The van der Waals surface area contributed by atoms with Crippen molar-refractivity contribution in [2.45, 2.75) is 96.2 Å². The number of ether oxygens (including phenoxy) is 8. The van der Waals surface area contributed by atoms with E-state index in [1.54, 1.807) is 24.3 Å². The lowest BCUT2D eigenvalue weighted by Crippen LogP contribution is -2.74. The van der Waals surface area contributed by atoms with Gasteiger partial charge in [0.2, 0.25) is 11.9 Å². The Kier molecular flexibility index (Phi) is 6.32. The molecule has 4 saturated heterocycles. The second-order valence-corrected chi connectivity index (χ2v) is 14.1. The van der Waals surface area contributed by atoms with Crippen LogP contribution in [0.2, 0.25) is 0 Å². The Morgan fingerprint density at radius 1 is 0.935 bits per heavy atom. The number of rotatable bonds is 6. The zero-order chi connectivity index (χ0) is 33.4. The molecule has 2 spiro atoms. The molecule has 6 aliphatic rings. The summed E-state index contributed by atoms with van der Waals surface area (Å²) in [6, 6.07) is 6.93. The number of esters is 5. The maximum atomic E-state index is 14.6. The number of hydrogen-bond donors (Lipinski definition) is 1. The van der Waals surface area contributed by atoms with Gasteiger partial charge in [-0.1, -0.05) is 32.9 Å². The molecule has 46 heavy (non-hydrogen) atoms. The topological polar surface area (TPSA) is 179 Å². The Labute approximate surface area is 263 Å². The lowest BCUT2D eigenvalue weighted by Gasteiger charge is -2.51. The molecule has 0 amide bonds. The van der Waals surface area contributed by atoms with Crippen molar-refractivity contribution in [3.05, 3.63) is 29.8 Å². The van der Waals surface area contributed by atoms with Crippen LogP contribution in [0.5, 0.6) is 5.75 Å². The van der Waals surface area contributed by atoms with E-state index in [1.165, 1.54) is 14.0 Å². The van der Waals surface area contributed by atoms with Gasteiger partial charge < -0.3 is 43.0 Å². The summed E-state index contributed by atoms with van der Waals surface area (Å²) in [4.78, 5) is 67.4. The molecular weight excluding hydrogens is 608 g/mol. The van der Waals surface area contributed by atoms with E-state index in [1.807, 2.05) is 20.8 Å². The van der Waals surface area contributed by atoms with E-state index in [-0.39, 0.29) is 6.61 Å². The maximum Gasteiger partial charge on any atom is 0.343 e. The van der Waals surface area contributed by atoms with Crippen molar-refractivity contribution in [2.24, 2.45) is 28.1 Å². The van der Waals surface area contributed by atoms with Crippen LogP contribution in [0.3, 0.4) is 0 Å². The van der Waals surface area contributed by atoms with Gasteiger partial charge in [0.25, 0.3) is 0 Å². The van der Waals surface area contributed by atoms with Crippen LogP contribution in [0.4, 0.5) is 0 Å². The second-order valence-electron chi connectivity index (χ2n) is 14.1. The third-order valence-corrected chi connectivity index (χ3v) is 11.0. The highest BCUT2D eigenvalue weighted by molar-refractivity contribution is 5.94. The average Bonchev–Trinajstić information content (AvgIpc) is 3.59. The molecule has 2 aliphatic carbocycles. The highest BCUT2D eigenvalue weighted by Gasteiger charge is 3.06. The number of methoxy groups -OCH3 is 1. The van der Waals surface area contributed by atoms with Crippen molar-refractivity contribution in [1.29, 1.82) is 0 Å². The molecule has 14 heteroatoms. The van der Waals surface area contributed by atoms with Gasteiger partial charge in [0.1, 0.15) is 17.3 Å².